The first-order valence-electron chi connectivity index (χ1n) is 8.94. The molecule has 0 aliphatic carbocycles. The highest BCUT2D eigenvalue weighted by Gasteiger charge is 2.14. The van der Waals surface area contributed by atoms with Gasteiger partial charge in [0.15, 0.2) is 5.69 Å². The minimum Gasteiger partial charge on any atom is -0.497 e. The number of rotatable bonds is 5. The third-order valence-corrected chi connectivity index (χ3v) is 4.44. The van der Waals surface area contributed by atoms with Gasteiger partial charge < -0.3 is 15.4 Å². The Bertz CT molecular complexity index is 1160. The zero-order valence-corrected chi connectivity index (χ0v) is 15.6. The van der Waals surface area contributed by atoms with E-state index in [1.165, 1.54) is 0 Å². The number of benzene rings is 3. The number of aromatic amines is 1. The molecule has 1 aromatic heterocycles. The molecule has 29 heavy (non-hydrogen) atoms. The summed E-state index contributed by atoms with van der Waals surface area (Å²) in [5.41, 5.74) is 2.83. The summed E-state index contributed by atoms with van der Waals surface area (Å²) in [7, 11) is 1.59. The molecule has 7 nitrogen and oxygen atoms in total. The molecule has 0 atom stereocenters. The average Bonchev–Trinajstić information content (AvgIpc) is 3.19. The standard InChI is InChI=1S/C22H18N4O3/c1-29-17-12-10-16(11-13-17)23-21(27)14-6-8-15(9-7-14)24-22(28)20-18-4-2-3-5-19(18)25-26-20/h2-13H,1H3,(H,23,27)(H,24,28)(H,25,26). The van der Waals surface area contributed by atoms with E-state index >= 15 is 0 Å². The largest absolute Gasteiger partial charge is 0.497 e. The van der Waals surface area contributed by atoms with Crippen LogP contribution >= 0.6 is 0 Å². The van der Waals surface area contributed by atoms with E-state index in [1.54, 1.807) is 55.6 Å². The van der Waals surface area contributed by atoms with Crippen molar-refractivity contribution in [3.8, 4) is 5.75 Å². The normalized spacial score (nSPS) is 10.5. The Labute approximate surface area is 166 Å². The molecule has 0 spiro atoms. The lowest BCUT2D eigenvalue weighted by Crippen LogP contribution is -2.14. The number of para-hydroxylation sites is 1. The zero-order valence-electron chi connectivity index (χ0n) is 15.6. The van der Waals surface area contributed by atoms with Gasteiger partial charge in [-0.15, -0.1) is 0 Å². The van der Waals surface area contributed by atoms with Crippen molar-refractivity contribution in [2.24, 2.45) is 0 Å². The molecule has 4 aromatic rings. The molecule has 0 saturated heterocycles. The lowest BCUT2D eigenvalue weighted by molar-refractivity contribution is 0.101. The number of methoxy groups -OCH3 is 1. The number of ether oxygens (including phenoxy) is 1. The van der Waals surface area contributed by atoms with Gasteiger partial charge in [-0.1, -0.05) is 18.2 Å². The van der Waals surface area contributed by atoms with E-state index < -0.39 is 0 Å². The maximum Gasteiger partial charge on any atom is 0.276 e. The van der Waals surface area contributed by atoms with Gasteiger partial charge in [-0.05, 0) is 54.6 Å². The summed E-state index contributed by atoms with van der Waals surface area (Å²) >= 11 is 0. The Kier molecular flexibility index (Phi) is 4.94. The molecular formula is C22H18N4O3. The van der Waals surface area contributed by atoms with E-state index in [4.69, 9.17) is 4.74 Å². The number of aromatic nitrogens is 2. The first kappa shape index (κ1) is 18.2. The highest BCUT2D eigenvalue weighted by Crippen LogP contribution is 2.19. The lowest BCUT2D eigenvalue weighted by atomic mass is 10.1. The molecule has 2 amide bonds. The minimum atomic E-state index is -0.321. The van der Waals surface area contributed by atoms with Crippen LogP contribution in [-0.2, 0) is 0 Å². The fourth-order valence-electron chi connectivity index (χ4n) is 2.91. The third-order valence-electron chi connectivity index (χ3n) is 4.44. The van der Waals surface area contributed by atoms with Gasteiger partial charge in [0.25, 0.3) is 11.8 Å². The molecule has 3 aromatic carbocycles. The second kappa shape index (κ2) is 7.85. The SMILES string of the molecule is COc1ccc(NC(=O)c2ccc(NC(=O)c3n[nH]c4ccccc34)cc2)cc1. The first-order chi connectivity index (χ1) is 14.1. The van der Waals surface area contributed by atoms with Crippen molar-refractivity contribution in [2.45, 2.75) is 0 Å². The number of nitrogens with zero attached hydrogens (tertiary/aromatic N) is 1. The van der Waals surface area contributed by atoms with Crippen LogP contribution in [0.4, 0.5) is 11.4 Å². The Balaban J connectivity index is 1.43. The summed E-state index contributed by atoms with van der Waals surface area (Å²) < 4.78 is 5.10. The fraction of sp³-hybridized carbons (Fsp3) is 0.0455. The number of amides is 2. The van der Waals surface area contributed by atoms with Gasteiger partial charge >= 0.3 is 0 Å². The quantitative estimate of drug-likeness (QED) is 0.482. The van der Waals surface area contributed by atoms with Gasteiger partial charge in [-0.25, -0.2) is 0 Å². The summed E-state index contributed by atoms with van der Waals surface area (Å²) in [5.74, 6) is 0.150. The number of anilines is 2. The van der Waals surface area contributed by atoms with Crippen molar-refractivity contribution in [3.05, 3.63) is 84.1 Å². The molecule has 3 N–H and O–H groups in total. The van der Waals surface area contributed by atoms with Crippen molar-refractivity contribution < 1.29 is 14.3 Å². The van der Waals surface area contributed by atoms with Crippen molar-refractivity contribution in [2.75, 3.05) is 17.7 Å². The molecule has 0 saturated carbocycles. The van der Waals surface area contributed by atoms with Gasteiger partial charge in [0, 0.05) is 22.3 Å². The third kappa shape index (κ3) is 3.93. The predicted octanol–water partition coefficient (Wildman–Crippen LogP) is 4.08. The van der Waals surface area contributed by atoms with Crippen LogP contribution in [0, 0.1) is 0 Å². The monoisotopic (exact) mass is 386 g/mol. The van der Waals surface area contributed by atoms with E-state index in [1.807, 2.05) is 24.3 Å². The van der Waals surface area contributed by atoms with E-state index in [0.29, 0.717) is 28.4 Å². The van der Waals surface area contributed by atoms with Crippen molar-refractivity contribution >= 4 is 34.1 Å². The fourth-order valence-corrected chi connectivity index (χ4v) is 2.91. The van der Waals surface area contributed by atoms with Crippen LogP contribution in [0.2, 0.25) is 0 Å². The number of hydrogen-bond donors (Lipinski definition) is 3. The number of H-pyrrole nitrogens is 1. The van der Waals surface area contributed by atoms with Crippen LogP contribution in [0.3, 0.4) is 0 Å². The smallest absolute Gasteiger partial charge is 0.276 e. The van der Waals surface area contributed by atoms with E-state index in [2.05, 4.69) is 20.8 Å². The van der Waals surface area contributed by atoms with E-state index in [-0.39, 0.29) is 11.8 Å². The highest BCUT2D eigenvalue weighted by atomic mass is 16.5. The summed E-state index contributed by atoms with van der Waals surface area (Å²) in [6, 6.07) is 21.1. The molecule has 4 rings (SSSR count). The molecule has 7 heteroatoms. The molecule has 0 fully saturated rings. The Morgan fingerprint density at radius 3 is 2.14 bits per heavy atom. The van der Waals surface area contributed by atoms with Crippen LogP contribution in [-0.4, -0.2) is 29.1 Å². The number of fused-ring (bicyclic) bond motifs is 1. The summed E-state index contributed by atoms with van der Waals surface area (Å²) in [6.07, 6.45) is 0. The van der Waals surface area contributed by atoms with Gasteiger partial charge in [-0.2, -0.15) is 5.10 Å². The molecule has 0 unspecified atom stereocenters. The van der Waals surface area contributed by atoms with Gasteiger partial charge in [0.2, 0.25) is 0 Å². The van der Waals surface area contributed by atoms with Crippen LogP contribution in [0.25, 0.3) is 10.9 Å². The Morgan fingerprint density at radius 1 is 0.828 bits per heavy atom. The van der Waals surface area contributed by atoms with Crippen LogP contribution in [0.1, 0.15) is 20.8 Å². The molecule has 144 valence electrons. The van der Waals surface area contributed by atoms with Gasteiger partial charge in [0.1, 0.15) is 5.75 Å². The minimum absolute atomic E-state index is 0.244. The summed E-state index contributed by atoms with van der Waals surface area (Å²) in [5, 5.41) is 13.3. The van der Waals surface area contributed by atoms with Crippen LogP contribution in [0.15, 0.2) is 72.8 Å². The van der Waals surface area contributed by atoms with Gasteiger partial charge in [-0.3, -0.25) is 14.7 Å². The van der Waals surface area contributed by atoms with Crippen molar-refractivity contribution in [1.29, 1.82) is 0 Å². The molecule has 0 aliphatic heterocycles. The van der Waals surface area contributed by atoms with E-state index in [0.717, 1.165) is 10.9 Å². The lowest BCUT2D eigenvalue weighted by Gasteiger charge is -2.08. The summed E-state index contributed by atoms with van der Waals surface area (Å²) in [6.45, 7) is 0. The van der Waals surface area contributed by atoms with Crippen LogP contribution in [0.5, 0.6) is 5.75 Å². The Hall–Kier alpha value is -4.13. The van der Waals surface area contributed by atoms with Crippen molar-refractivity contribution in [1.82, 2.24) is 10.2 Å². The first-order valence-corrected chi connectivity index (χ1v) is 8.94. The van der Waals surface area contributed by atoms with E-state index in [9.17, 15) is 9.59 Å². The molecule has 0 bridgehead atoms. The summed E-state index contributed by atoms with van der Waals surface area (Å²) in [4.78, 5) is 24.9. The molecular weight excluding hydrogens is 368 g/mol. The van der Waals surface area contributed by atoms with Gasteiger partial charge in [0.05, 0.1) is 12.6 Å². The highest BCUT2D eigenvalue weighted by molar-refractivity contribution is 6.11. The second-order valence-corrected chi connectivity index (χ2v) is 6.33. The van der Waals surface area contributed by atoms with Crippen molar-refractivity contribution in [3.63, 3.8) is 0 Å². The number of nitrogens with one attached hydrogen (secondary N) is 3. The molecule has 1 heterocycles. The predicted molar refractivity (Wildman–Crippen MR) is 111 cm³/mol. The maximum atomic E-state index is 12.5. The number of carbonyl (C=O) groups excluding carboxylic acids is 2. The van der Waals surface area contributed by atoms with Crippen LogP contribution < -0.4 is 15.4 Å². The zero-order chi connectivity index (χ0) is 20.2. The topological polar surface area (TPSA) is 96.1 Å². The second-order valence-electron chi connectivity index (χ2n) is 6.33. The number of carbonyl (C=O) groups is 2. The molecule has 0 aliphatic rings. The molecule has 0 radical (unpaired) electrons. The maximum absolute atomic E-state index is 12.5. The number of hydrogen-bond acceptors (Lipinski definition) is 4. The Morgan fingerprint density at radius 2 is 1.45 bits per heavy atom. The average molecular weight is 386 g/mol.